The molecule has 0 aromatic heterocycles. The monoisotopic (exact) mass is 219 g/mol. The molecular formula is C13H17NO2. The molecule has 1 atom stereocenters. The van der Waals surface area contributed by atoms with Gasteiger partial charge in [0, 0.05) is 19.0 Å². The maximum absolute atomic E-state index is 11.9. The van der Waals surface area contributed by atoms with Crippen LogP contribution in [0, 0.1) is 5.92 Å². The first-order valence-electron chi connectivity index (χ1n) is 5.67. The number of aliphatic hydroxyl groups is 1. The van der Waals surface area contributed by atoms with E-state index < -0.39 is 0 Å². The summed E-state index contributed by atoms with van der Waals surface area (Å²) in [5.74, 6) is 0.143. The van der Waals surface area contributed by atoms with Crippen molar-refractivity contribution < 1.29 is 9.90 Å². The molecule has 1 aromatic rings. The lowest BCUT2D eigenvalue weighted by molar-refractivity contribution is -0.145. The van der Waals surface area contributed by atoms with Crippen molar-refractivity contribution >= 4 is 5.91 Å². The summed E-state index contributed by atoms with van der Waals surface area (Å²) in [7, 11) is 0. The molecule has 1 saturated heterocycles. The fraction of sp³-hybridized carbons (Fsp3) is 0.462. The van der Waals surface area contributed by atoms with Crippen LogP contribution < -0.4 is 0 Å². The van der Waals surface area contributed by atoms with E-state index in [0.29, 0.717) is 13.1 Å². The number of carbonyl (C=O) groups is 1. The lowest BCUT2D eigenvalue weighted by Gasteiger charge is -2.37. The van der Waals surface area contributed by atoms with Gasteiger partial charge in [-0.05, 0) is 12.0 Å². The van der Waals surface area contributed by atoms with Crippen molar-refractivity contribution in [1.29, 1.82) is 0 Å². The zero-order chi connectivity index (χ0) is 11.5. The number of aliphatic hydroxyl groups excluding tert-OH is 1. The molecule has 1 aromatic carbocycles. The number of hydrogen-bond acceptors (Lipinski definition) is 2. The molecule has 0 radical (unpaired) electrons. The number of amides is 1. The van der Waals surface area contributed by atoms with Crippen molar-refractivity contribution in [3.63, 3.8) is 0 Å². The quantitative estimate of drug-likeness (QED) is 0.826. The molecule has 0 saturated carbocycles. The van der Waals surface area contributed by atoms with Crippen LogP contribution >= 0.6 is 0 Å². The first-order chi connectivity index (χ1) is 7.66. The molecule has 0 bridgehead atoms. The largest absolute Gasteiger partial charge is 0.389 e. The summed E-state index contributed by atoms with van der Waals surface area (Å²) in [6, 6.07) is 10.0. The van der Waals surface area contributed by atoms with Gasteiger partial charge in [-0.15, -0.1) is 0 Å². The van der Waals surface area contributed by atoms with Gasteiger partial charge in [-0.3, -0.25) is 4.79 Å². The smallest absolute Gasteiger partial charge is 0.225 e. The van der Waals surface area contributed by atoms with Crippen molar-refractivity contribution in [1.82, 2.24) is 4.90 Å². The predicted octanol–water partition coefficient (Wildman–Crippen LogP) is 1.07. The van der Waals surface area contributed by atoms with Gasteiger partial charge in [0.2, 0.25) is 5.91 Å². The zero-order valence-electron chi connectivity index (χ0n) is 9.47. The summed E-state index contributed by atoms with van der Waals surface area (Å²) in [5, 5.41) is 9.14. The van der Waals surface area contributed by atoms with Crippen LogP contribution in [-0.2, 0) is 11.2 Å². The predicted molar refractivity (Wildman–Crippen MR) is 61.9 cm³/mol. The van der Waals surface area contributed by atoms with Crippen LogP contribution in [0.15, 0.2) is 30.3 Å². The van der Waals surface area contributed by atoms with E-state index in [1.807, 2.05) is 37.3 Å². The van der Waals surface area contributed by atoms with Gasteiger partial charge < -0.3 is 10.0 Å². The fourth-order valence-electron chi connectivity index (χ4n) is 2.00. The molecule has 1 unspecified atom stereocenters. The highest BCUT2D eigenvalue weighted by Gasteiger charge is 2.31. The first kappa shape index (κ1) is 11.1. The summed E-state index contributed by atoms with van der Waals surface area (Å²) in [4.78, 5) is 13.6. The molecule has 1 heterocycles. The van der Waals surface area contributed by atoms with Gasteiger partial charge in [-0.2, -0.15) is 0 Å². The molecule has 1 N–H and O–H groups in total. The topological polar surface area (TPSA) is 40.5 Å². The second-order valence-corrected chi connectivity index (χ2v) is 4.49. The Kier molecular flexibility index (Phi) is 3.25. The van der Waals surface area contributed by atoms with Crippen LogP contribution in [-0.4, -0.2) is 35.1 Å². The maximum Gasteiger partial charge on any atom is 0.225 e. The summed E-state index contributed by atoms with van der Waals surface area (Å²) >= 11 is 0. The minimum atomic E-state index is -0.312. The zero-order valence-corrected chi connectivity index (χ0v) is 9.47. The van der Waals surface area contributed by atoms with Gasteiger partial charge in [0.1, 0.15) is 0 Å². The standard InChI is InChI=1S/C13H17NO2/c1-10(7-11-5-3-2-4-6-11)13(16)14-8-12(15)9-14/h2-6,10,12,15H,7-9H2,1H3. The third-order valence-electron chi connectivity index (χ3n) is 2.98. The van der Waals surface area contributed by atoms with Gasteiger partial charge >= 0.3 is 0 Å². The number of β-amino-alcohol motifs (C(OH)–C–C–N with tert-alkyl or cyclic N) is 1. The Labute approximate surface area is 95.7 Å². The lowest BCUT2D eigenvalue weighted by atomic mass is 9.98. The lowest BCUT2D eigenvalue weighted by Crippen LogP contribution is -2.55. The Hall–Kier alpha value is -1.35. The number of rotatable bonds is 3. The van der Waals surface area contributed by atoms with Crippen LogP contribution in [0.3, 0.4) is 0 Å². The highest BCUT2D eigenvalue weighted by Crippen LogP contribution is 2.15. The van der Waals surface area contributed by atoms with Crippen LogP contribution in [0.2, 0.25) is 0 Å². The maximum atomic E-state index is 11.9. The Morgan fingerprint density at radius 2 is 2.06 bits per heavy atom. The van der Waals surface area contributed by atoms with E-state index in [1.165, 1.54) is 5.56 Å². The third-order valence-corrected chi connectivity index (χ3v) is 2.98. The minimum Gasteiger partial charge on any atom is -0.389 e. The average molecular weight is 219 g/mol. The summed E-state index contributed by atoms with van der Waals surface area (Å²) in [6.07, 6.45) is 0.458. The van der Waals surface area contributed by atoms with E-state index in [9.17, 15) is 4.79 Å². The van der Waals surface area contributed by atoms with Gasteiger partial charge in [-0.25, -0.2) is 0 Å². The Balaban J connectivity index is 1.88. The fourth-order valence-corrected chi connectivity index (χ4v) is 2.00. The Bertz CT molecular complexity index is 357. The highest BCUT2D eigenvalue weighted by molar-refractivity contribution is 5.79. The van der Waals surface area contributed by atoms with Crippen molar-refractivity contribution in [2.45, 2.75) is 19.4 Å². The average Bonchev–Trinajstić information content (AvgIpc) is 2.25. The molecule has 3 heteroatoms. The molecule has 0 spiro atoms. The van der Waals surface area contributed by atoms with E-state index in [4.69, 9.17) is 5.11 Å². The number of carbonyl (C=O) groups excluding carboxylic acids is 1. The number of hydrogen-bond donors (Lipinski definition) is 1. The third kappa shape index (κ3) is 2.42. The molecular weight excluding hydrogens is 202 g/mol. The molecule has 16 heavy (non-hydrogen) atoms. The molecule has 0 aliphatic carbocycles. The normalized spacial score (nSPS) is 18.0. The van der Waals surface area contributed by atoms with Crippen LogP contribution in [0.1, 0.15) is 12.5 Å². The first-order valence-corrected chi connectivity index (χ1v) is 5.67. The van der Waals surface area contributed by atoms with Crippen LogP contribution in [0.5, 0.6) is 0 Å². The van der Waals surface area contributed by atoms with Gasteiger partial charge in [0.15, 0.2) is 0 Å². The minimum absolute atomic E-state index is 0.00472. The summed E-state index contributed by atoms with van der Waals surface area (Å²) < 4.78 is 0. The van der Waals surface area contributed by atoms with E-state index in [0.717, 1.165) is 6.42 Å². The number of likely N-dealkylation sites (tertiary alicyclic amines) is 1. The van der Waals surface area contributed by atoms with E-state index in [2.05, 4.69) is 0 Å². The van der Waals surface area contributed by atoms with E-state index in [1.54, 1.807) is 4.90 Å². The number of benzene rings is 1. The molecule has 86 valence electrons. The SMILES string of the molecule is CC(Cc1ccccc1)C(=O)N1CC(O)C1. The van der Waals surface area contributed by atoms with Crippen molar-refractivity contribution in [2.75, 3.05) is 13.1 Å². The second kappa shape index (κ2) is 4.66. The molecule has 1 amide bonds. The van der Waals surface area contributed by atoms with Gasteiger partial charge in [0.25, 0.3) is 0 Å². The van der Waals surface area contributed by atoms with Crippen molar-refractivity contribution in [2.24, 2.45) is 5.92 Å². The van der Waals surface area contributed by atoms with Crippen molar-refractivity contribution in [3.05, 3.63) is 35.9 Å². The van der Waals surface area contributed by atoms with E-state index >= 15 is 0 Å². The molecule has 1 aliphatic rings. The Morgan fingerprint density at radius 3 is 2.62 bits per heavy atom. The molecule has 3 nitrogen and oxygen atoms in total. The molecule has 1 aliphatic heterocycles. The highest BCUT2D eigenvalue weighted by atomic mass is 16.3. The molecule has 1 fully saturated rings. The summed E-state index contributed by atoms with van der Waals surface area (Å²) in [5.41, 5.74) is 1.18. The second-order valence-electron chi connectivity index (χ2n) is 4.49. The number of nitrogens with zero attached hydrogens (tertiary/aromatic N) is 1. The summed E-state index contributed by atoms with van der Waals surface area (Å²) in [6.45, 7) is 2.94. The Morgan fingerprint density at radius 1 is 1.44 bits per heavy atom. The van der Waals surface area contributed by atoms with Crippen LogP contribution in [0.4, 0.5) is 0 Å². The molecule has 2 rings (SSSR count). The van der Waals surface area contributed by atoms with Gasteiger partial charge in [-0.1, -0.05) is 37.3 Å². The van der Waals surface area contributed by atoms with Crippen LogP contribution in [0.25, 0.3) is 0 Å². The van der Waals surface area contributed by atoms with Crippen molar-refractivity contribution in [3.8, 4) is 0 Å². The van der Waals surface area contributed by atoms with E-state index in [-0.39, 0.29) is 17.9 Å². The van der Waals surface area contributed by atoms with Gasteiger partial charge in [0.05, 0.1) is 6.10 Å².